The summed E-state index contributed by atoms with van der Waals surface area (Å²) in [4.78, 5) is 14.9. The minimum Gasteiger partial charge on any atom is -0.454 e. The van der Waals surface area contributed by atoms with Gasteiger partial charge in [0.05, 0.1) is 17.0 Å². The Balaban J connectivity index is 1.94. The third-order valence-corrected chi connectivity index (χ3v) is 3.84. The Morgan fingerprint density at radius 2 is 2.20 bits per heavy atom. The van der Waals surface area contributed by atoms with Crippen LogP contribution in [0.3, 0.4) is 0 Å². The molecule has 0 fully saturated rings. The van der Waals surface area contributed by atoms with Crippen molar-refractivity contribution in [1.29, 1.82) is 0 Å². The number of thiazole rings is 1. The van der Waals surface area contributed by atoms with Gasteiger partial charge in [0.25, 0.3) is 5.69 Å². The molecule has 7 nitrogen and oxygen atoms in total. The number of rotatable bonds is 4. The number of aromatic nitrogens is 1. The Labute approximate surface area is 118 Å². The normalized spacial score (nSPS) is 14.1. The van der Waals surface area contributed by atoms with E-state index in [0.29, 0.717) is 17.2 Å². The molecule has 0 saturated heterocycles. The molecule has 104 valence electrons. The first-order chi connectivity index (χ1) is 9.65. The Kier molecular flexibility index (Phi) is 3.15. The zero-order valence-corrected chi connectivity index (χ0v) is 11.3. The van der Waals surface area contributed by atoms with Gasteiger partial charge in [0.15, 0.2) is 11.5 Å². The van der Waals surface area contributed by atoms with Crippen LogP contribution in [0.15, 0.2) is 23.7 Å². The lowest BCUT2D eigenvalue weighted by atomic mass is 10.2. The largest absolute Gasteiger partial charge is 0.454 e. The number of nitrogens with zero attached hydrogens (tertiary/aromatic N) is 2. The van der Waals surface area contributed by atoms with Gasteiger partial charge < -0.3 is 14.8 Å². The Morgan fingerprint density at radius 3 is 2.85 bits per heavy atom. The van der Waals surface area contributed by atoms with Crippen LogP contribution in [0.25, 0.3) is 0 Å². The molecule has 20 heavy (non-hydrogen) atoms. The van der Waals surface area contributed by atoms with Gasteiger partial charge in [-0.1, -0.05) is 0 Å². The molecule has 1 aromatic carbocycles. The van der Waals surface area contributed by atoms with Crippen LogP contribution in [0.1, 0.15) is 18.0 Å². The summed E-state index contributed by atoms with van der Waals surface area (Å²) in [5, 5.41) is 17.0. The van der Waals surface area contributed by atoms with Crippen molar-refractivity contribution in [3.63, 3.8) is 0 Å². The van der Waals surface area contributed by atoms with Crippen LogP contribution in [0.5, 0.6) is 11.5 Å². The van der Waals surface area contributed by atoms with Crippen molar-refractivity contribution in [2.75, 3.05) is 12.1 Å². The van der Waals surface area contributed by atoms with E-state index < -0.39 is 4.92 Å². The molecule has 8 heteroatoms. The first kappa shape index (κ1) is 12.7. The van der Waals surface area contributed by atoms with E-state index in [4.69, 9.17) is 9.47 Å². The fourth-order valence-electron chi connectivity index (χ4n) is 1.94. The first-order valence-corrected chi connectivity index (χ1v) is 6.77. The zero-order chi connectivity index (χ0) is 14.1. The molecule has 1 unspecified atom stereocenters. The number of benzene rings is 1. The minimum absolute atomic E-state index is 0.0438. The molecule has 1 aliphatic rings. The summed E-state index contributed by atoms with van der Waals surface area (Å²) in [5.74, 6) is 0.897. The van der Waals surface area contributed by atoms with Gasteiger partial charge in [-0.15, -0.1) is 11.3 Å². The fraction of sp³-hybridized carbons (Fsp3) is 0.250. The van der Waals surface area contributed by atoms with Crippen LogP contribution < -0.4 is 14.8 Å². The molecular formula is C12H11N3O4S. The van der Waals surface area contributed by atoms with Gasteiger partial charge in [-0.05, 0) is 6.92 Å². The van der Waals surface area contributed by atoms with E-state index in [1.54, 1.807) is 12.3 Å². The van der Waals surface area contributed by atoms with E-state index >= 15 is 0 Å². The maximum Gasteiger partial charge on any atom is 0.296 e. The number of nitrogens with one attached hydrogen (secondary N) is 1. The zero-order valence-electron chi connectivity index (χ0n) is 10.5. The lowest BCUT2D eigenvalue weighted by Crippen LogP contribution is -2.08. The lowest BCUT2D eigenvalue weighted by Gasteiger charge is -2.13. The maximum atomic E-state index is 11.1. The highest BCUT2D eigenvalue weighted by molar-refractivity contribution is 7.09. The van der Waals surface area contributed by atoms with Crippen LogP contribution in [0.2, 0.25) is 0 Å². The summed E-state index contributed by atoms with van der Waals surface area (Å²) < 4.78 is 10.4. The van der Waals surface area contributed by atoms with E-state index in [0.717, 1.165) is 5.01 Å². The number of hydrogen-bond donors (Lipinski definition) is 1. The molecule has 1 atom stereocenters. The van der Waals surface area contributed by atoms with E-state index in [9.17, 15) is 10.1 Å². The second-order valence-corrected chi connectivity index (χ2v) is 5.14. The van der Waals surface area contributed by atoms with E-state index in [1.165, 1.54) is 17.4 Å². The summed E-state index contributed by atoms with van der Waals surface area (Å²) in [6.07, 6.45) is 1.70. The highest BCUT2D eigenvalue weighted by atomic mass is 32.1. The second-order valence-electron chi connectivity index (χ2n) is 4.22. The average Bonchev–Trinajstić information content (AvgIpc) is 3.08. The molecule has 0 radical (unpaired) electrons. The topological polar surface area (TPSA) is 86.5 Å². The number of nitro groups is 1. The molecule has 0 bridgehead atoms. The molecule has 0 spiro atoms. The van der Waals surface area contributed by atoms with E-state index in [2.05, 4.69) is 10.3 Å². The Morgan fingerprint density at radius 1 is 1.45 bits per heavy atom. The lowest BCUT2D eigenvalue weighted by molar-refractivity contribution is -0.384. The van der Waals surface area contributed by atoms with Crippen molar-refractivity contribution < 1.29 is 14.4 Å². The van der Waals surface area contributed by atoms with Gasteiger partial charge in [0, 0.05) is 17.6 Å². The van der Waals surface area contributed by atoms with Crippen molar-refractivity contribution in [3.05, 3.63) is 38.8 Å². The van der Waals surface area contributed by atoms with Crippen molar-refractivity contribution in [2.45, 2.75) is 13.0 Å². The number of nitro benzene ring substituents is 1. The molecule has 3 rings (SSSR count). The predicted octanol–water partition coefficient (Wildman–Crippen LogP) is 2.95. The average molecular weight is 293 g/mol. The number of ether oxygens (including phenoxy) is 2. The summed E-state index contributed by atoms with van der Waals surface area (Å²) in [7, 11) is 0. The first-order valence-electron chi connectivity index (χ1n) is 5.89. The monoisotopic (exact) mass is 293 g/mol. The van der Waals surface area contributed by atoms with Crippen LogP contribution in [0, 0.1) is 10.1 Å². The number of hydrogen-bond acceptors (Lipinski definition) is 7. The van der Waals surface area contributed by atoms with Crippen LogP contribution >= 0.6 is 11.3 Å². The molecule has 0 amide bonds. The van der Waals surface area contributed by atoms with Crippen LogP contribution in [0.4, 0.5) is 11.4 Å². The third kappa shape index (κ3) is 2.25. The smallest absolute Gasteiger partial charge is 0.296 e. The number of anilines is 1. The van der Waals surface area contributed by atoms with Gasteiger partial charge in [-0.3, -0.25) is 10.1 Å². The maximum absolute atomic E-state index is 11.1. The molecule has 2 heterocycles. The Bertz CT molecular complexity index is 644. The Hall–Kier alpha value is -2.35. The summed E-state index contributed by atoms with van der Waals surface area (Å²) in [6.45, 7) is 1.98. The van der Waals surface area contributed by atoms with Crippen molar-refractivity contribution >= 4 is 22.7 Å². The van der Waals surface area contributed by atoms with Gasteiger partial charge >= 0.3 is 0 Å². The van der Waals surface area contributed by atoms with Crippen LogP contribution in [-0.2, 0) is 0 Å². The quantitative estimate of drug-likeness (QED) is 0.689. The summed E-state index contributed by atoms with van der Waals surface area (Å²) in [5.41, 5.74) is 0.347. The minimum atomic E-state index is -0.446. The van der Waals surface area contributed by atoms with Crippen molar-refractivity contribution in [3.8, 4) is 11.5 Å². The molecule has 0 saturated carbocycles. The van der Waals surface area contributed by atoms with Gasteiger partial charge in [0.2, 0.25) is 6.79 Å². The van der Waals surface area contributed by atoms with Crippen LogP contribution in [-0.4, -0.2) is 16.7 Å². The highest BCUT2D eigenvalue weighted by Gasteiger charge is 2.24. The standard InChI is InChI=1S/C12H11N3O4S/c1-7(12-13-2-3-20-12)14-8-4-10-11(19-6-18-10)5-9(8)15(16)17/h2-5,7,14H,6H2,1H3. The van der Waals surface area contributed by atoms with Crippen molar-refractivity contribution in [2.24, 2.45) is 0 Å². The third-order valence-electron chi connectivity index (χ3n) is 2.88. The van der Waals surface area contributed by atoms with E-state index in [-0.39, 0.29) is 18.5 Å². The van der Waals surface area contributed by atoms with Gasteiger partial charge in [-0.2, -0.15) is 0 Å². The molecule has 1 N–H and O–H groups in total. The summed E-state index contributed by atoms with van der Waals surface area (Å²) in [6, 6.07) is 2.83. The number of fused-ring (bicyclic) bond motifs is 1. The predicted molar refractivity (Wildman–Crippen MR) is 73.4 cm³/mol. The highest BCUT2D eigenvalue weighted by Crippen LogP contribution is 2.41. The van der Waals surface area contributed by atoms with Crippen molar-refractivity contribution in [1.82, 2.24) is 4.98 Å². The SMILES string of the molecule is CC(Nc1cc2c(cc1[N+](=O)[O-])OCO2)c1nccs1. The molecule has 1 aliphatic heterocycles. The van der Waals surface area contributed by atoms with E-state index in [1.807, 2.05) is 12.3 Å². The molecule has 0 aliphatic carbocycles. The van der Waals surface area contributed by atoms with Gasteiger partial charge in [0.1, 0.15) is 10.7 Å². The second kappa shape index (κ2) is 4.97. The van der Waals surface area contributed by atoms with Gasteiger partial charge in [-0.25, -0.2) is 4.98 Å². The molecular weight excluding hydrogens is 282 g/mol. The summed E-state index contributed by atoms with van der Waals surface area (Å²) >= 11 is 1.49. The molecule has 1 aromatic heterocycles. The molecule has 2 aromatic rings. The fourth-order valence-corrected chi connectivity index (χ4v) is 2.59.